The molecule has 3 N–H and O–H groups in total. The number of carbonyl (C=O) groups excluding carboxylic acids is 2. The van der Waals surface area contributed by atoms with E-state index in [0.717, 1.165) is 29.3 Å². The summed E-state index contributed by atoms with van der Waals surface area (Å²) >= 11 is 5.94. The summed E-state index contributed by atoms with van der Waals surface area (Å²) in [5.74, 6) is 0. The first-order chi connectivity index (χ1) is 26.5. The molecule has 0 atom stereocenters. The van der Waals surface area contributed by atoms with Gasteiger partial charge in [0.05, 0.1) is 22.0 Å². The maximum absolute atomic E-state index is 14.3. The van der Waals surface area contributed by atoms with E-state index < -0.39 is 32.1 Å². The molecule has 1 aliphatic rings. The number of benzene rings is 3. The van der Waals surface area contributed by atoms with Gasteiger partial charge in [0, 0.05) is 61.7 Å². The molecule has 286 valence electrons. The van der Waals surface area contributed by atoms with Crippen molar-refractivity contribution in [2.45, 2.75) is 48.7 Å². The number of urea groups is 2. The number of anilines is 2. The topological polar surface area (TPSA) is 174 Å². The lowest BCUT2D eigenvalue weighted by Crippen LogP contribution is -2.54. The van der Waals surface area contributed by atoms with E-state index in [1.807, 2.05) is 0 Å². The predicted molar refractivity (Wildman–Crippen MR) is 209 cm³/mol. The maximum atomic E-state index is 14.3. The lowest BCUT2D eigenvalue weighted by Gasteiger charge is -2.35. The van der Waals surface area contributed by atoms with Gasteiger partial charge >= 0.3 is 12.1 Å². The predicted octanol–water partition coefficient (Wildman–Crippen LogP) is 6.15. The largest absolute Gasteiger partial charge is 0.341 e. The molecule has 5 aromatic rings. The summed E-state index contributed by atoms with van der Waals surface area (Å²) < 4.78 is 57.6. The van der Waals surface area contributed by atoms with Crippen LogP contribution in [0.5, 0.6) is 0 Å². The molecule has 3 aromatic carbocycles. The molecule has 2 aromatic heterocycles. The highest BCUT2D eigenvalue weighted by atomic mass is 35.5. The van der Waals surface area contributed by atoms with Gasteiger partial charge in [0.1, 0.15) is 0 Å². The van der Waals surface area contributed by atoms with E-state index in [2.05, 4.69) is 25.3 Å². The van der Waals surface area contributed by atoms with Crippen LogP contribution >= 0.6 is 11.6 Å². The monoisotopic (exact) mass is 802 g/mol. The van der Waals surface area contributed by atoms with E-state index in [9.17, 15) is 26.4 Å². The normalized spacial score (nSPS) is 13.5. The third kappa shape index (κ3) is 10.2. The fraction of sp³-hybridized carbons (Fsp3) is 0.211. The van der Waals surface area contributed by atoms with E-state index in [1.165, 1.54) is 46.8 Å². The Kier molecular flexibility index (Phi) is 12.7. The van der Waals surface area contributed by atoms with Crippen molar-refractivity contribution in [2.75, 3.05) is 23.4 Å². The summed E-state index contributed by atoms with van der Waals surface area (Å²) in [6, 6.07) is 23.6. The van der Waals surface area contributed by atoms with Crippen molar-refractivity contribution in [1.82, 2.24) is 29.3 Å². The third-order valence-electron chi connectivity index (χ3n) is 8.70. The smallest absolute Gasteiger partial charge is 0.332 e. The number of pyridine rings is 2. The number of hydrogen-bond donors (Lipinski definition) is 3. The molecule has 1 aliphatic heterocycles. The second-order valence-corrected chi connectivity index (χ2v) is 16.8. The Morgan fingerprint density at radius 2 is 1.38 bits per heavy atom. The van der Waals surface area contributed by atoms with Gasteiger partial charge in [0.15, 0.2) is 0 Å². The van der Waals surface area contributed by atoms with Gasteiger partial charge in [0.2, 0.25) is 20.0 Å². The Morgan fingerprint density at radius 1 is 0.709 bits per heavy atom. The molecule has 0 aliphatic carbocycles. The van der Waals surface area contributed by atoms with Crippen molar-refractivity contribution in [3.8, 4) is 0 Å². The molecule has 6 rings (SSSR count). The van der Waals surface area contributed by atoms with Crippen LogP contribution in [0.1, 0.15) is 36.0 Å². The van der Waals surface area contributed by atoms with Crippen molar-refractivity contribution in [1.29, 1.82) is 0 Å². The lowest BCUT2D eigenvalue weighted by molar-refractivity contribution is 0.194. The number of rotatable bonds is 12. The number of nitrogens with one attached hydrogen (secondary N) is 3. The van der Waals surface area contributed by atoms with Crippen LogP contribution in [0.3, 0.4) is 0 Å². The number of halogens is 1. The molecule has 1 saturated heterocycles. The first-order valence-corrected chi connectivity index (χ1v) is 20.7. The van der Waals surface area contributed by atoms with Gasteiger partial charge in [-0.15, -0.1) is 0 Å². The Bertz CT molecular complexity index is 2300. The average molecular weight is 803 g/mol. The molecule has 17 heteroatoms. The summed E-state index contributed by atoms with van der Waals surface area (Å²) in [6.45, 7) is 0.704. The van der Waals surface area contributed by atoms with Gasteiger partial charge in [-0.25, -0.2) is 36.2 Å². The molecular weight excluding hydrogens is 764 g/mol. The second-order valence-electron chi connectivity index (χ2n) is 12.6. The summed E-state index contributed by atoms with van der Waals surface area (Å²) in [7, 11) is -7.83. The van der Waals surface area contributed by atoms with Crippen LogP contribution in [-0.2, 0) is 39.7 Å². The van der Waals surface area contributed by atoms with Gasteiger partial charge in [-0.05, 0) is 96.3 Å². The van der Waals surface area contributed by atoms with Gasteiger partial charge in [-0.2, -0.15) is 9.31 Å². The van der Waals surface area contributed by atoms with E-state index in [0.29, 0.717) is 34.8 Å². The molecule has 0 spiro atoms. The zero-order valence-corrected chi connectivity index (χ0v) is 32.0. The minimum absolute atomic E-state index is 0.0276. The highest BCUT2D eigenvalue weighted by molar-refractivity contribution is 7.89. The molecule has 1 fully saturated rings. The number of piperidine rings is 1. The second kappa shape index (κ2) is 17.8. The highest BCUT2D eigenvalue weighted by Gasteiger charge is 2.31. The minimum atomic E-state index is -3.92. The number of amides is 4. The number of hydrazine groups is 1. The number of hydrogen-bond acceptors (Lipinski definition) is 8. The van der Waals surface area contributed by atoms with Crippen molar-refractivity contribution >= 4 is 55.1 Å². The lowest BCUT2D eigenvalue weighted by atomic mass is 10.2. The molecular formula is C38H39ClN8O6S2. The van der Waals surface area contributed by atoms with E-state index in [-0.39, 0.29) is 40.8 Å². The Hall–Kier alpha value is -5.39. The van der Waals surface area contributed by atoms with Crippen LogP contribution in [0.2, 0.25) is 5.02 Å². The summed E-state index contributed by atoms with van der Waals surface area (Å²) in [5, 5.41) is 8.32. The van der Waals surface area contributed by atoms with E-state index in [4.69, 9.17) is 11.6 Å². The zero-order valence-electron chi connectivity index (χ0n) is 29.6. The van der Waals surface area contributed by atoms with Gasteiger partial charge in [-0.3, -0.25) is 9.97 Å². The number of carbonyl (C=O) groups is 2. The van der Waals surface area contributed by atoms with Crippen LogP contribution in [-0.4, -0.2) is 61.3 Å². The standard InChI is InChI=1S/C38H39ClN8O6S2/c39-32-13-11-29(12-14-32)27-43-54(50,51)35-17-15-33(16-18-35)44-38(49)46(28-31-8-6-20-41-25-31)47(37(48)42-26-30-7-5-19-40-24-30)34-9-4-10-36(23-34)55(52,53)45-21-2-1-3-22-45/h4-20,23-25,43H,1-3,21-22,26-28H2,(H,42,48)(H,44,49). The van der Waals surface area contributed by atoms with E-state index in [1.54, 1.807) is 79.4 Å². The Balaban J connectivity index is 1.30. The van der Waals surface area contributed by atoms with Crippen LogP contribution in [0.15, 0.2) is 132 Å². The van der Waals surface area contributed by atoms with Gasteiger partial charge < -0.3 is 10.6 Å². The molecule has 4 amide bonds. The molecule has 3 heterocycles. The average Bonchev–Trinajstić information content (AvgIpc) is 3.21. The Morgan fingerprint density at radius 3 is 2.04 bits per heavy atom. The van der Waals surface area contributed by atoms with Crippen molar-refractivity contribution in [3.05, 3.63) is 144 Å². The fourth-order valence-electron chi connectivity index (χ4n) is 5.82. The van der Waals surface area contributed by atoms with Crippen LogP contribution in [0.4, 0.5) is 21.0 Å². The number of nitrogens with zero attached hydrogens (tertiary/aromatic N) is 5. The van der Waals surface area contributed by atoms with Gasteiger partial charge in [-0.1, -0.05) is 48.4 Å². The minimum Gasteiger partial charge on any atom is -0.332 e. The summed E-state index contributed by atoms with van der Waals surface area (Å²) in [6.07, 6.45) is 8.73. The molecule has 0 bridgehead atoms. The number of aromatic nitrogens is 2. The first kappa shape index (κ1) is 39.3. The molecule has 14 nitrogen and oxygen atoms in total. The molecule has 55 heavy (non-hydrogen) atoms. The van der Waals surface area contributed by atoms with Crippen molar-refractivity contribution < 1.29 is 26.4 Å². The number of sulfonamides is 2. The Labute approximate surface area is 325 Å². The SMILES string of the molecule is O=C(Nc1ccc(S(=O)(=O)NCc2ccc(Cl)cc2)cc1)N(Cc1cccnc1)N(C(=O)NCc1cccnc1)c1cccc(S(=O)(=O)N2CCCCC2)c1. The van der Waals surface area contributed by atoms with Gasteiger partial charge in [0.25, 0.3) is 0 Å². The fourth-order valence-corrected chi connectivity index (χ4v) is 8.52. The van der Waals surface area contributed by atoms with Crippen LogP contribution < -0.4 is 20.4 Å². The van der Waals surface area contributed by atoms with E-state index >= 15 is 0 Å². The highest BCUT2D eigenvalue weighted by Crippen LogP contribution is 2.27. The third-order valence-corrected chi connectivity index (χ3v) is 12.3. The molecule has 0 unspecified atom stereocenters. The van der Waals surface area contributed by atoms with Crippen molar-refractivity contribution in [2.24, 2.45) is 0 Å². The maximum Gasteiger partial charge on any atom is 0.341 e. The quantitative estimate of drug-likeness (QED) is 0.126. The molecule has 0 saturated carbocycles. The zero-order chi connectivity index (χ0) is 38.8. The first-order valence-electron chi connectivity index (χ1n) is 17.4. The molecule has 0 radical (unpaired) electrons. The van der Waals surface area contributed by atoms with Crippen molar-refractivity contribution in [3.63, 3.8) is 0 Å². The summed E-state index contributed by atoms with van der Waals surface area (Å²) in [4.78, 5) is 36.7. The summed E-state index contributed by atoms with van der Waals surface area (Å²) in [5.41, 5.74) is 2.31. The van der Waals surface area contributed by atoms with Crippen LogP contribution in [0, 0.1) is 0 Å². The van der Waals surface area contributed by atoms with Crippen LogP contribution in [0.25, 0.3) is 0 Å².